The largest absolute Gasteiger partial charge is 0.493 e. The SMILES string of the molecule is CCc1ccc(C(=O)[C@@H](C)OC(=O)/C=C/c2cccc(OC)c2OC)cc1. The molecule has 2 aromatic rings. The van der Waals surface area contributed by atoms with Gasteiger partial charge in [-0.25, -0.2) is 4.79 Å². The zero-order valence-electron chi connectivity index (χ0n) is 16.0. The van der Waals surface area contributed by atoms with Crippen LogP contribution in [0.5, 0.6) is 11.5 Å². The molecule has 0 heterocycles. The van der Waals surface area contributed by atoms with Crippen molar-refractivity contribution in [3.63, 3.8) is 0 Å². The first-order valence-corrected chi connectivity index (χ1v) is 8.73. The van der Waals surface area contributed by atoms with Crippen molar-refractivity contribution < 1.29 is 23.8 Å². The van der Waals surface area contributed by atoms with Crippen LogP contribution in [0.1, 0.15) is 35.3 Å². The van der Waals surface area contributed by atoms with Crippen LogP contribution in [0.3, 0.4) is 0 Å². The normalized spacial score (nSPS) is 11.9. The summed E-state index contributed by atoms with van der Waals surface area (Å²) in [5, 5.41) is 0. The summed E-state index contributed by atoms with van der Waals surface area (Å²) in [6, 6.07) is 12.6. The number of ether oxygens (including phenoxy) is 3. The number of para-hydroxylation sites is 1. The lowest BCUT2D eigenvalue weighted by Gasteiger charge is -2.12. The molecule has 0 amide bonds. The lowest BCUT2D eigenvalue weighted by Crippen LogP contribution is -2.23. The first kappa shape index (κ1) is 20.2. The van der Waals surface area contributed by atoms with Gasteiger partial charge in [0.2, 0.25) is 5.78 Å². The molecule has 0 saturated heterocycles. The number of esters is 1. The maximum absolute atomic E-state index is 12.4. The fraction of sp³-hybridized carbons (Fsp3) is 0.273. The van der Waals surface area contributed by atoms with E-state index in [9.17, 15) is 9.59 Å². The standard InChI is InChI=1S/C22H24O5/c1-5-16-9-11-17(12-10-16)21(24)15(2)27-20(23)14-13-18-7-6-8-19(25-3)22(18)26-4/h6-15H,5H2,1-4H3/b14-13+/t15-/m1/s1. The molecule has 0 saturated carbocycles. The van der Waals surface area contributed by atoms with Crippen LogP contribution >= 0.6 is 0 Å². The molecule has 0 unspecified atom stereocenters. The van der Waals surface area contributed by atoms with Crippen molar-refractivity contribution in [1.82, 2.24) is 0 Å². The predicted molar refractivity (Wildman–Crippen MR) is 104 cm³/mol. The Morgan fingerprint density at radius 1 is 1.04 bits per heavy atom. The van der Waals surface area contributed by atoms with Crippen molar-refractivity contribution in [2.45, 2.75) is 26.4 Å². The number of hydrogen-bond acceptors (Lipinski definition) is 5. The van der Waals surface area contributed by atoms with Crippen molar-refractivity contribution in [3.05, 3.63) is 65.2 Å². The number of carbonyl (C=O) groups is 2. The zero-order valence-corrected chi connectivity index (χ0v) is 16.0. The number of Topliss-reactive ketones (excluding diaryl/α,β-unsaturated/α-hetero) is 1. The molecule has 0 bridgehead atoms. The van der Waals surface area contributed by atoms with Crippen LogP contribution in [0.25, 0.3) is 6.08 Å². The zero-order chi connectivity index (χ0) is 19.8. The molecule has 2 aromatic carbocycles. The molecule has 0 spiro atoms. The Hall–Kier alpha value is -3.08. The van der Waals surface area contributed by atoms with Gasteiger partial charge in [0.25, 0.3) is 0 Å². The van der Waals surface area contributed by atoms with Gasteiger partial charge >= 0.3 is 5.97 Å². The predicted octanol–water partition coefficient (Wildman–Crippen LogP) is 4.09. The smallest absolute Gasteiger partial charge is 0.331 e. The average molecular weight is 368 g/mol. The van der Waals surface area contributed by atoms with Crippen LogP contribution in [0.15, 0.2) is 48.5 Å². The third kappa shape index (κ3) is 5.20. The van der Waals surface area contributed by atoms with Crippen LogP contribution in [0, 0.1) is 0 Å². The highest BCUT2D eigenvalue weighted by atomic mass is 16.5. The average Bonchev–Trinajstić information content (AvgIpc) is 2.71. The van der Waals surface area contributed by atoms with Crippen LogP contribution in [0.2, 0.25) is 0 Å². The Morgan fingerprint density at radius 3 is 2.33 bits per heavy atom. The number of aryl methyl sites for hydroxylation is 1. The molecule has 1 atom stereocenters. The molecule has 0 fully saturated rings. The third-order valence-electron chi connectivity index (χ3n) is 4.14. The first-order valence-electron chi connectivity index (χ1n) is 8.73. The number of methoxy groups -OCH3 is 2. The van der Waals surface area contributed by atoms with E-state index in [0.29, 0.717) is 22.6 Å². The molecule has 0 aromatic heterocycles. The van der Waals surface area contributed by atoms with Gasteiger partial charge in [0.05, 0.1) is 14.2 Å². The Balaban J connectivity index is 2.04. The van der Waals surface area contributed by atoms with E-state index in [1.807, 2.05) is 19.1 Å². The van der Waals surface area contributed by atoms with E-state index < -0.39 is 12.1 Å². The Bertz CT molecular complexity index is 821. The van der Waals surface area contributed by atoms with E-state index in [2.05, 4.69) is 0 Å². The fourth-order valence-electron chi connectivity index (χ4n) is 2.61. The summed E-state index contributed by atoms with van der Waals surface area (Å²) in [7, 11) is 3.07. The topological polar surface area (TPSA) is 61.8 Å². The van der Waals surface area contributed by atoms with E-state index in [-0.39, 0.29) is 5.78 Å². The van der Waals surface area contributed by atoms with Crippen molar-refractivity contribution in [2.75, 3.05) is 14.2 Å². The Labute approximate surface area is 159 Å². The van der Waals surface area contributed by atoms with Crippen LogP contribution < -0.4 is 9.47 Å². The second kappa shape index (κ2) is 9.57. The van der Waals surface area contributed by atoms with Crippen LogP contribution in [-0.2, 0) is 16.0 Å². The Kier molecular flexibility index (Phi) is 7.17. The lowest BCUT2D eigenvalue weighted by molar-refractivity contribution is -0.140. The van der Waals surface area contributed by atoms with Crippen molar-refractivity contribution in [3.8, 4) is 11.5 Å². The third-order valence-corrected chi connectivity index (χ3v) is 4.14. The summed E-state index contributed by atoms with van der Waals surface area (Å²) >= 11 is 0. The maximum Gasteiger partial charge on any atom is 0.331 e. The summed E-state index contributed by atoms with van der Waals surface area (Å²) in [5.41, 5.74) is 2.33. The molecular formula is C22H24O5. The van der Waals surface area contributed by atoms with E-state index in [0.717, 1.165) is 12.0 Å². The minimum atomic E-state index is -0.873. The molecule has 0 aliphatic heterocycles. The molecule has 5 nitrogen and oxygen atoms in total. The van der Waals surface area contributed by atoms with Gasteiger partial charge in [-0.15, -0.1) is 0 Å². The van der Waals surface area contributed by atoms with E-state index in [4.69, 9.17) is 14.2 Å². The maximum atomic E-state index is 12.4. The highest BCUT2D eigenvalue weighted by Gasteiger charge is 2.18. The molecule has 0 aliphatic carbocycles. The van der Waals surface area contributed by atoms with Crippen molar-refractivity contribution in [2.24, 2.45) is 0 Å². The molecule has 5 heteroatoms. The minimum absolute atomic E-state index is 0.238. The van der Waals surface area contributed by atoms with Crippen molar-refractivity contribution >= 4 is 17.8 Å². The van der Waals surface area contributed by atoms with E-state index in [1.54, 1.807) is 50.4 Å². The van der Waals surface area contributed by atoms with E-state index >= 15 is 0 Å². The van der Waals surface area contributed by atoms with Gasteiger partial charge in [-0.2, -0.15) is 0 Å². The van der Waals surface area contributed by atoms with Crippen LogP contribution in [0.4, 0.5) is 0 Å². The summed E-state index contributed by atoms with van der Waals surface area (Å²) in [6.07, 6.45) is 2.86. The highest BCUT2D eigenvalue weighted by Crippen LogP contribution is 2.31. The number of ketones is 1. The summed E-state index contributed by atoms with van der Waals surface area (Å²) in [4.78, 5) is 24.5. The van der Waals surface area contributed by atoms with Gasteiger partial charge in [-0.3, -0.25) is 4.79 Å². The molecule has 0 N–H and O–H groups in total. The fourth-order valence-corrected chi connectivity index (χ4v) is 2.61. The number of carbonyl (C=O) groups excluding carboxylic acids is 2. The highest BCUT2D eigenvalue weighted by molar-refractivity contribution is 6.01. The monoisotopic (exact) mass is 368 g/mol. The van der Waals surface area contributed by atoms with Gasteiger partial charge in [-0.05, 0) is 31.1 Å². The number of rotatable bonds is 8. The van der Waals surface area contributed by atoms with Gasteiger partial charge in [0, 0.05) is 17.2 Å². The van der Waals surface area contributed by atoms with Gasteiger partial charge in [0.15, 0.2) is 17.6 Å². The molecule has 142 valence electrons. The van der Waals surface area contributed by atoms with Crippen LogP contribution in [-0.4, -0.2) is 32.1 Å². The molecule has 0 radical (unpaired) electrons. The number of hydrogen-bond donors (Lipinski definition) is 0. The van der Waals surface area contributed by atoms with Gasteiger partial charge < -0.3 is 14.2 Å². The van der Waals surface area contributed by atoms with Crippen molar-refractivity contribution in [1.29, 1.82) is 0 Å². The Morgan fingerprint density at radius 2 is 1.74 bits per heavy atom. The quantitative estimate of drug-likeness (QED) is 0.399. The first-order chi connectivity index (χ1) is 13.0. The molecular weight excluding hydrogens is 344 g/mol. The second-order valence-corrected chi connectivity index (χ2v) is 5.91. The minimum Gasteiger partial charge on any atom is -0.493 e. The molecule has 0 aliphatic rings. The lowest BCUT2D eigenvalue weighted by atomic mass is 10.0. The summed E-state index contributed by atoms with van der Waals surface area (Å²) in [6.45, 7) is 3.61. The second-order valence-electron chi connectivity index (χ2n) is 5.91. The molecule has 2 rings (SSSR count). The molecule has 27 heavy (non-hydrogen) atoms. The summed E-state index contributed by atoms with van der Waals surface area (Å²) in [5.74, 6) is 0.237. The number of benzene rings is 2. The van der Waals surface area contributed by atoms with E-state index in [1.165, 1.54) is 13.2 Å². The van der Waals surface area contributed by atoms with Gasteiger partial charge in [-0.1, -0.05) is 43.3 Å². The summed E-state index contributed by atoms with van der Waals surface area (Å²) < 4.78 is 15.8. The van der Waals surface area contributed by atoms with Gasteiger partial charge in [0.1, 0.15) is 0 Å².